The van der Waals surface area contributed by atoms with E-state index in [2.05, 4.69) is 15.4 Å². The number of rotatable bonds is 7. The highest BCUT2D eigenvalue weighted by Crippen LogP contribution is 2.41. The van der Waals surface area contributed by atoms with Gasteiger partial charge in [0.15, 0.2) is 0 Å². The molecule has 0 bridgehead atoms. The van der Waals surface area contributed by atoms with Crippen molar-refractivity contribution in [1.82, 2.24) is 20.1 Å². The third-order valence-corrected chi connectivity index (χ3v) is 4.76. The number of hydrogen-bond acceptors (Lipinski definition) is 6. The number of thiazole rings is 1. The molecule has 122 valence electrons. The van der Waals surface area contributed by atoms with Crippen LogP contribution in [0.4, 0.5) is 5.69 Å². The number of aryl methyl sites for hydroxylation is 2. The highest BCUT2D eigenvalue weighted by atomic mass is 32.1. The van der Waals surface area contributed by atoms with Crippen molar-refractivity contribution in [3.05, 3.63) is 38.6 Å². The summed E-state index contributed by atoms with van der Waals surface area (Å²) in [5, 5.41) is 20.5. The zero-order valence-corrected chi connectivity index (χ0v) is 13.5. The smallest absolute Gasteiger partial charge is 0.306 e. The minimum atomic E-state index is -0.502. The average Bonchev–Trinajstić information content (AvgIpc) is 3.07. The molecule has 8 nitrogen and oxygen atoms in total. The Morgan fingerprint density at radius 2 is 2.39 bits per heavy atom. The Hall–Kier alpha value is -2.29. The van der Waals surface area contributed by atoms with E-state index in [9.17, 15) is 14.9 Å². The summed E-state index contributed by atoms with van der Waals surface area (Å²) in [7, 11) is 0. The first kappa shape index (κ1) is 15.6. The molecule has 0 spiro atoms. The maximum absolute atomic E-state index is 12.2. The first-order chi connectivity index (χ1) is 11.0. The molecule has 9 heteroatoms. The van der Waals surface area contributed by atoms with E-state index in [0.717, 1.165) is 23.5 Å². The van der Waals surface area contributed by atoms with E-state index in [1.54, 1.807) is 11.3 Å². The standard InChI is InChI=1S/C14H17N5O3S/c1-9-8-23-14(16-9)13(10-2-3-10)17-12(20)4-5-18-7-11(6-15-18)19(21)22/h6-8,10,13H,2-5H2,1H3,(H,17,20)/t13-/m1/s1. The van der Waals surface area contributed by atoms with Crippen molar-refractivity contribution >= 4 is 22.9 Å². The first-order valence-electron chi connectivity index (χ1n) is 7.41. The number of carbonyl (C=O) groups is 1. The fraction of sp³-hybridized carbons (Fsp3) is 0.500. The number of aromatic nitrogens is 3. The lowest BCUT2D eigenvalue weighted by atomic mass is 10.2. The number of nitrogens with one attached hydrogen (secondary N) is 1. The minimum absolute atomic E-state index is 0.0202. The molecule has 2 heterocycles. The van der Waals surface area contributed by atoms with Gasteiger partial charge in [0.05, 0.1) is 11.0 Å². The third kappa shape index (κ3) is 3.92. The Morgan fingerprint density at radius 1 is 1.61 bits per heavy atom. The highest BCUT2D eigenvalue weighted by Gasteiger charge is 2.35. The summed E-state index contributed by atoms with van der Waals surface area (Å²) in [6, 6.07) is -0.0202. The number of amides is 1. The van der Waals surface area contributed by atoms with Gasteiger partial charge in [-0.25, -0.2) is 4.98 Å². The van der Waals surface area contributed by atoms with Gasteiger partial charge in [0.1, 0.15) is 17.4 Å². The molecule has 1 fully saturated rings. The van der Waals surface area contributed by atoms with E-state index >= 15 is 0 Å². The van der Waals surface area contributed by atoms with Gasteiger partial charge in [0.2, 0.25) is 5.91 Å². The van der Waals surface area contributed by atoms with Gasteiger partial charge in [0, 0.05) is 24.0 Å². The number of nitrogens with zero attached hydrogens (tertiary/aromatic N) is 4. The molecule has 2 aromatic heterocycles. The summed E-state index contributed by atoms with van der Waals surface area (Å²) in [6.07, 6.45) is 4.95. The molecule has 1 saturated carbocycles. The molecular weight excluding hydrogens is 318 g/mol. The molecule has 1 aliphatic rings. The van der Waals surface area contributed by atoms with Crippen LogP contribution >= 0.6 is 11.3 Å². The van der Waals surface area contributed by atoms with E-state index in [1.165, 1.54) is 17.1 Å². The van der Waals surface area contributed by atoms with Gasteiger partial charge < -0.3 is 5.32 Å². The zero-order chi connectivity index (χ0) is 16.4. The van der Waals surface area contributed by atoms with Crippen LogP contribution in [0.1, 0.15) is 36.0 Å². The summed E-state index contributed by atoms with van der Waals surface area (Å²) in [6.45, 7) is 2.25. The summed E-state index contributed by atoms with van der Waals surface area (Å²) in [5.74, 6) is 0.378. The van der Waals surface area contributed by atoms with Crippen molar-refractivity contribution in [3.8, 4) is 0 Å². The first-order valence-corrected chi connectivity index (χ1v) is 8.29. The van der Waals surface area contributed by atoms with Gasteiger partial charge in [-0.05, 0) is 25.7 Å². The SMILES string of the molecule is Cc1csc([C@H](NC(=O)CCn2cc([N+](=O)[O-])cn2)C2CC2)n1. The molecule has 2 aromatic rings. The molecule has 1 amide bonds. The van der Waals surface area contributed by atoms with Crippen LogP contribution < -0.4 is 5.32 Å². The Bertz CT molecular complexity index is 722. The summed E-state index contributed by atoms with van der Waals surface area (Å²) in [4.78, 5) is 26.8. The van der Waals surface area contributed by atoms with Crippen LogP contribution in [0.5, 0.6) is 0 Å². The van der Waals surface area contributed by atoms with Crippen molar-refractivity contribution in [1.29, 1.82) is 0 Å². The van der Waals surface area contributed by atoms with E-state index in [0.29, 0.717) is 12.5 Å². The predicted molar refractivity (Wildman–Crippen MR) is 84.0 cm³/mol. The quantitative estimate of drug-likeness (QED) is 0.617. The van der Waals surface area contributed by atoms with Gasteiger partial charge >= 0.3 is 5.69 Å². The number of carbonyl (C=O) groups excluding carboxylic acids is 1. The molecule has 1 atom stereocenters. The normalized spacial score (nSPS) is 15.3. The van der Waals surface area contributed by atoms with Crippen LogP contribution in [0, 0.1) is 23.0 Å². The second-order valence-corrected chi connectivity index (χ2v) is 6.57. The maximum atomic E-state index is 12.2. The van der Waals surface area contributed by atoms with Crippen molar-refractivity contribution in [2.45, 2.75) is 38.8 Å². The molecule has 0 saturated heterocycles. The molecule has 1 N–H and O–H groups in total. The van der Waals surface area contributed by atoms with Crippen LogP contribution in [0.3, 0.4) is 0 Å². The average molecular weight is 335 g/mol. The van der Waals surface area contributed by atoms with Crippen LogP contribution in [0.15, 0.2) is 17.8 Å². The highest BCUT2D eigenvalue weighted by molar-refractivity contribution is 7.09. The van der Waals surface area contributed by atoms with Crippen molar-refractivity contribution in [2.75, 3.05) is 0 Å². The largest absolute Gasteiger partial charge is 0.347 e. The Labute approximate surface area is 136 Å². The molecule has 1 aliphatic carbocycles. The lowest BCUT2D eigenvalue weighted by Crippen LogP contribution is -2.30. The molecule has 3 rings (SSSR count). The monoisotopic (exact) mass is 335 g/mol. The van der Waals surface area contributed by atoms with Crippen molar-refractivity contribution in [3.63, 3.8) is 0 Å². The molecule has 23 heavy (non-hydrogen) atoms. The number of hydrogen-bond donors (Lipinski definition) is 1. The molecule has 0 aromatic carbocycles. The van der Waals surface area contributed by atoms with Gasteiger partial charge in [-0.2, -0.15) is 5.10 Å². The fourth-order valence-corrected chi connectivity index (χ4v) is 3.30. The van der Waals surface area contributed by atoms with Gasteiger partial charge in [0.25, 0.3) is 0 Å². The topological polar surface area (TPSA) is 103 Å². The summed E-state index contributed by atoms with van der Waals surface area (Å²) >= 11 is 1.57. The van der Waals surface area contributed by atoms with Gasteiger partial charge in [-0.3, -0.25) is 19.6 Å². The lowest BCUT2D eigenvalue weighted by Gasteiger charge is -2.15. The number of nitro groups is 1. The minimum Gasteiger partial charge on any atom is -0.347 e. The van der Waals surface area contributed by atoms with Crippen LogP contribution in [0.25, 0.3) is 0 Å². The van der Waals surface area contributed by atoms with E-state index in [-0.39, 0.29) is 24.1 Å². The summed E-state index contributed by atoms with van der Waals surface area (Å²) < 4.78 is 1.41. The van der Waals surface area contributed by atoms with Gasteiger partial charge in [-0.15, -0.1) is 11.3 Å². The van der Waals surface area contributed by atoms with Gasteiger partial charge in [-0.1, -0.05) is 0 Å². The summed E-state index contributed by atoms with van der Waals surface area (Å²) in [5.41, 5.74) is 0.897. The van der Waals surface area contributed by atoms with Crippen molar-refractivity contribution < 1.29 is 9.72 Å². The molecule has 0 unspecified atom stereocenters. The van der Waals surface area contributed by atoms with Crippen LogP contribution in [0.2, 0.25) is 0 Å². The Balaban J connectivity index is 1.56. The van der Waals surface area contributed by atoms with Crippen LogP contribution in [-0.4, -0.2) is 25.6 Å². The van der Waals surface area contributed by atoms with E-state index in [1.807, 2.05) is 12.3 Å². The predicted octanol–water partition coefficient (Wildman–Crippen LogP) is 2.21. The molecule has 0 radical (unpaired) electrons. The second kappa shape index (κ2) is 6.45. The molecule has 0 aliphatic heterocycles. The third-order valence-electron chi connectivity index (χ3n) is 3.71. The van der Waals surface area contributed by atoms with Crippen LogP contribution in [-0.2, 0) is 11.3 Å². The van der Waals surface area contributed by atoms with E-state index < -0.39 is 4.92 Å². The van der Waals surface area contributed by atoms with Crippen molar-refractivity contribution in [2.24, 2.45) is 5.92 Å². The maximum Gasteiger partial charge on any atom is 0.306 e. The Morgan fingerprint density at radius 3 is 2.96 bits per heavy atom. The zero-order valence-electron chi connectivity index (χ0n) is 12.6. The fourth-order valence-electron chi connectivity index (χ4n) is 2.36. The Kier molecular flexibility index (Phi) is 4.37. The second-order valence-electron chi connectivity index (χ2n) is 5.68. The molecular formula is C14H17N5O3S. The van der Waals surface area contributed by atoms with E-state index in [4.69, 9.17) is 0 Å². The lowest BCUT2D eigenvalue weighted by molar-refractivity contribution is -0.385.